The number of aliphatic hydroxyl groups is 2. The van der Waals surface area contributed by atoms with Crippen LogP contribution in [-0.2, 0) is 17.2 Å². The minimum Gasteiger partial charge on any atom is -0.387 e. The fourth-order valence-electron chi connectivity index (χ4n) is 5.39. The number of nitrogens with zero attached hydrogens (tertiary/aromatic N) is 1. The second-order valence-corrected chi connectivity index (χ2v) is 10.6. The Kier molecular flexibility index (Phi) is 5.93. The summed E-state index contributed by atoms with van der Waals surface area (Å²) in [6.07, 6.45) is -4.05. The third-order valence-electron chi connectivity index (χ3n) is 7.17. The van der Waals surface area contributed by atoms with Crippen LogP contribution in [0.1, 0.15) is 62.0 Å². The van der Waals surface area contributed by atoms with Crippen molar-refractivity contribution in [1.82, 2.24) is 4.90 Å². The van der Waals surface area contributed by atoms with Gasteiger partial charge in [-0.3, -0.25) is 4.90 Å². The van der Waals surface area contributed by atoms with Gasteiger partial charge in [0.15, 0.2) is 0 Å². The molecule has 32 heavy (non-hydrogen) atoms. The predicted molar refractivity (Wildman–Crippen MR) is 118 cm³/mol. The maximum absolute atomic E-state index is 13.0. The summed E-state index contributed by atoms with van der Waals surface area (Å²) in [7, 11) is 0. The summed E-state index contributed by atoms with van der Waals surface area (Å²) >= 11 is 0. The molecule has 174 valence electrons. The van der Waals surface area contributed by atoms with Crippen LogP contribution in [0, 0.1) is 11.8 Å². The number of benzene rings is 2. The minimum atomic E-state index is -4.42. The number of aliphatic hydroxyl groups excluding tert-OH is 1. The Morgan fingerprint density at radius 3 is 2.09 bits per heavy atom. The van der Waals surface area contributed by atoms with Gasteiger partial charge >= 0.3 is 6.18 Å². The van der Waals surface area contributed by atoms with Gasteiger partial charge in [-0.05, 0) is 58.9 Å². The second kappa shape index (κ2) is 8.15. The zero-order valence-corrected chi connectivity index (χ0v) is 18.9. The first kappa shape index (κ1) is 23.3. The van der Waals surface area contributed by atoms with E-state index in [0.29, 0.717) is 31.2 Å². The third-order valence-corrected chi connectivity index (χ3v) is 7.17. The van der Waals surface area contributed by atoms with E-state index in [0.717, 1.165) is 30.8 Å². The van der Waals surface area contributed by atoms with E-state index >= 15 is 0 Å². The molecule has 2 fully saturated rings. The molecule has 0 bridgehead atoms. The number of alkyl halides is 3. The zero-order chi connectivity index (χ0) is 23.3. The van der Waals surface area contributed by atoms with Gasteiger partial charge in [0.25, 0.3) is 0 Å². The first-order valence-corrected chi connectivity index (χ1v) is 11.3. The van der Waals surface area contributed by atoms with Gasteiger partial charge in [0.2, 0.25) is 0 Å². The van der Waals surface area contributed by atoms with Crippen molar-refractivity contribution < 1.29 is 23.4 Å². The summed E-state index contributed by atoms with van der Waals surface area (Å²) in [4.78, 5) is 2.11. The molecule has 0 radical (unpaired) electrons. The van der Waals surface area contributed by atoms with Gasteiger partial charge in [-0.15, -0.1) is 0 Å². The van der Waals surface area contributed by atoms with Crippen molar-refractivity contribution in [2.45, 2.75) is 56.9 Å². The van der Waals surface area contributed by atoms with Crippen LogP contribution in [-0.4, -0.2) is 34.7 Å². The summed E-state index contributed by atoms with van der Waals surface area (Å²) in [6.45, 7) is 8.27. The normalized spacial score (nSPS) is 27.5. The predicted octanol–water partition coefficient (Wildman–Crippen LogP) is 5.27. The van der Waals surface area contributed by atoms with E-state index in [2.05, 4.69) is 37.8 Å². The molecule has 0 aromatic heterocycles. The Balaban J connectivity index is 1.38. The summed E-state index contributed by atoms with van der Waals surface area (Å²) in [5.41, 5.74) is 0.960. The largest absolute Gasteiger partial charge is 0.416 e. The van der Waals surface area contributed by atoms with Crippen LogP contribution in [0.15, 0.2) is 48.5 Å². The minimum absolute atomic E-state index is 0.0638. The molecule has 1 heterocycles. The Labute approximate surface area is 187 Å². The summed E-state index contributed by atoms with van der Waals surface area (Å²) < 4.78 is 38.9. The number of fused-ring (bicyclic) bond motifs is 1. The number of hydrogen-bond donors (Lipinski definition) is 2. The summed E-state index contributed by atoms with van der Waals surface area (Å²) in [6, 6.07) is 13.2. The molecule has 4 rings (SSSR count). The molecule has 1 aliphatic heterocycles. The Morgan fingerprint density at radius 1 is 0.969 bits per heavy atom. The lowest BCUT2D eigenvalue weighted by Crippen LogP contribution is -2.31. The highest BCUT2D eigenvalue weighted by Gasteiger charge is 2.49. The molecule has 2 aromatic carbocycles. The van der Waals surface area contributed by atoms with E-state index in [1.165, 1.54) is 17.7 Å². The van der Waals surface area contributed by atoms with Gasteiger partial charge in [-0.2, -0.15) is 13.2 Å². The smallest absolute Gasteiger partial charge is 0.387 e. The van der Waals surface area contributed by atoms with Gasteiger partial charge in [0, 0.05) is 19.6 Å². The molecule has 0 amide bonds. The molecule has 1 saturated heterocycles. The van der Waals surface area contributed by atoms with E-state index in [9.17, 15) is 23.4 Å². The first-order valence-electron chi connectivity index (χ1n) is 11.3. The van der Waals surface area contributed by atoms with Crippen LogP contribution in [0.2, 0.25) is 0 Å². The third kappa shape index (κ3) is 4.73. The molecular formula is C26H32F3NO2. The molecule has 2 aromatic rings. The van der Waals surface area contributed by atoms with Crippen molar-refractivity contribution in [3.8, 4) is 0 Å². The Morgan fingerprint density at radius 2 is 1.56 bits per heavy atom. The van der Waals surface area contributed by atoms with E-state index in [-0.39, 0.29) is 11.0 Å². The Bertz CT molecular complexity index is 935. The SMILES string of the molecule is CC(C)(C)c1ccc(C2(O)CC3CN(CC(O)c4cccc(C(F)(F)F)c4)CC3C2)cc1. The van der Waals surface area contributed by atoms with Gasteiger partial charge in [0.1, 0.15) is 0 Å². The fraction of sp³-hybridized carbons (Fsp3) is 0.538. The van der Waals surface area contributed by atoms with Crippen LogP contribution in [0.4, 0.5) is 13.2 Å². The lowest BCUT2D eigenvalue weighted by molar-refractivity contribution is -0.137. The van der Waals surface area contributed by atoms with Crippen molar-refractivity contribution in [3.63, 3.8) is 0 Å². The quantitative estimate of drug-likeness (QED) is 0.672. The standard InChI is InChI=1S/C26H32F3NO2/c1-24(2,3)20-7-9-21(10-8-20)25(32)12-18-14-30(15-19(18)13-25)16-23(31)17-5-4-6-22(11-17)26(27,28)29/h4-11,18-19,23,31-32H,12-16H2,1-3H3. The molecule has 2 N–H and O–H groups in total. The molecule has 6 heteroatoms. The van der Waals surface area contributed by atoms with Crippen molar-refractivity contribution in [2.24, 2.45) is 11.8 Å². The number of likely N-dealkylation sites (tertiary alicyclic amines) is 1. The van der Waals surface area contributed by atoms with Crippen molar-refractivity contribution in [3.05, 3.63) is 70.8 Å². The number of β-amino-alcohol motifs (C(OH)–C–C–N with tert-alkyl or cyclic N) is 1. The van der Waals surface area contributed by atoms with Crippen molar-refractivity contribution in [1.29, 1.82) is 0 Å². The molecule has 3 atom stereocenters. The maximum atomic E-state index is 13.0. The molecule has 2 aliphatic rings. The molecular weight excluding hydrogens is 415 g/mol. The van der Waals surface area contributed by atoms with Crippen LogP contribution >= 0.6 is 0 Å². The Hall–Kier alpha value is -1.89. The highest BCUT2D eigenvalue weighted by Crippen LogP contribution is 2.49. The van der Waals surface area contributed by atoms with Crippen molar-refractivity contribution in [2.75, 3.05) is 19.6 Å². The van der Waals surface area contributed by atoms with E-state index in [1.54, 1.807) is 0 Å². The first-order chi connectivity index (χ1) is 14.8. The second-order valence-electron chi connectivity index (χ2n) is 10.6. The van der Waals surface area contributed by atoms with Crippen molar-refractivity contribution >= 4 is 0 Å². The molecule has 1 saturated carbocycles. The summed E-state index contributed by atoms with van der Waals surface area (Å²) in [5, 5.41) is 21.9. The number of halogens is 3. The van der Waals surface area contributed by atoms with E-state index in [4.69, 9.17) is 0 Å². The lowest BCUT2D eigenvalue weighted by Gasteiger charge is -2.28. The van der Waals surface area contributed by atoms with Crippen LogP contribution in [0.5, 0.6) is 0 Å². The monoisotopic (exact) mass is 447 g/mol. The highest BCUT2D eigenvalue weighted by molar-refractivity contribution is 5.32. The average molecular weight is 448 g/mol. The zero-order valence-electron chi connectivity index (χ0n) is 18.9. The van der Waals surface area contributed by atoms with E-state index in [1.807, 2.05) is 12.1 Å². The van der Waals surface area contributed by atoms with Crippen LogP contribution in [0.3, 0.4) is 0 Å². The average Bonchev–Trinajstić information content (AvgIpc) is 3.21. The number of rotatable bonds is 4. The molecule has 1 aliphatic carbocycles. The molecule has 0 spiro atoms. The van der Waals surface area contributed by atoms with Crippen LogP contribution < -0.4 is 0 Å². The van der Waals surface area contributed by atoms with Crippen LogP contribution in [0.25, 0.3) is 0 Å². The fourth-order valence-corrected chi connectivity index (χ4v) is 5.39. The highest BCUT2D eigenvalue weighted by atomic mass is 19.4. The molecule has 3 unspecified atom stereocenters. The number of hydrogen-bond acceptors (Lipinski definition) is 3. The lowest BCUT2D eigenvalue weighted by atomic mass is 9.84. The van der Waals surface area contributed by atoms with Gasteiger partial charge in [0.05, 0.1) is 17.3 Å². The van der Waals surface area contributed by atoms with Gasteiger partial charge < -0.3 is 10.2 Å². The van der Waals surface area contributed by atoms with E-state index < -0.39 is 23.4 Å². The topological polar surface area (TPSA) is 43.7 Å². The van der Waals surface area contributed by atoms with Gasteiger partial charge in [-0.1, -0.05) is 57.2 Å². The summed E-state index contributed by atoms with van der Waals surface area (Å²) in [5.74, 6) is 0.631. The maximum Gasteiger partial charge on any atom is 0.416 e. The molecule has 3 nitrogen and oxygen atoms in total. The van der Waals surface area contributed by atoms with Gasteiger partial charge in [-0.25, -0.2) is 0 Å².